The molecule has 1 fully saturated rings. The molecule has 1 aromatic carbocycles. The fourth-order valence-electron chi connectivity index (χ4n) is 2.80. The predicted octanol–water partition coefficient (Wildman–Crippen LogP) is 1.09. The first-order chi connectivity index (χ1) is 10.8. The van der Waals surface area contributed by atoms with Gasteiger partial charge in [-0.25, -0.2) is 4.79 Å². The summed E-state index contributed by atoms with van der Waals surface area (Å²) in [6.07, 6.45) is 0.716. The van der Waals surface area contributed by atoms with Crippen molar-refractivity contribution in [3.8, 4) is 0 Å². The largest absolute Gasteiger partial charge is 0.612 e. The van der Waals surface area contributed by atoms with Crippen molar-refractivity contribution in [2.45, 2.75) is 23.3 Å². The van der Waals surface area contributed by atoms with Gasteiger partial charge in [0.15, 0.2) is 4.90 Å². The lowest BCUT2D eigenvalue weighted by Gasteiger charge is -2.43. The summed E-state index contributed by atoms with van der Waals surface area (Å²) >= 11 is 0.0712. The number of carboxylic acids is 1. The Bertz CT molecular complexity index is 716. The number of hydrogen-bond donors (Lipinski definition) is 2. The highest BCUT2D eigenvalue weighted by atomic mass is 32.2. The molecular weight excluding hydrogens is 338 g/mol. The highest BCUT2D eigenvalue weighted by molar-refractivity contribution is 8.09. The number of carbonyl (C=O) groups excluding carboxylic acids is 1. The summed E-state index contributed by atoms with van der Waals surface area (Å²) in [5.41, 5.74) is 0.549. The molecule has 1 aromatic rings. The number of aliphatic carboxylic acids is 1. The minimum atomic E-state index is -1.18. The molecule has 3 rings (SSSR count). The van der Waals surface area contributed by atoms with Crippen molar-refractivity contribution in [1.29, 1.82) is 0 Å². The fourth-order valence-corrected chi connectivity index (χ4v) is 4.97. The summed E-state index contributed by atoms with van der Waals surface area (Å²) in [6.45, 7) is 1.53. The van der Waals surface area contributed by atoms with Gasteiger partial charge in [-0.05, 0) is 29.7 Å². The molecule has 0 radical (unpaired) electrons. The summed E-state index contributed by atoms with van der Waals surface area (Å²) in [6, 6.07) is 6.83. The standard InChI is InChI=1S/C15H15NO5S2/c1-7(17)10-13(18)16-11(15(19)20)12(22-14(10)16)8-4-3-5-9(6-8)23(2)21/h3-7,10,14,17H,1-2H3,(H,19,20)/t7?,10-,14+,23?/m0/s1. The number of aliphatic hydroxyl groups excluding tert-OH is 1. The predicted molar refractivity (Wildman–Crippen MR) is 86.7 cm³/mol. The van der Waals surface area contributed by atoms with Gasteiger partial charge in [0.05, 0.1) is 12.0 Å². The molecule has 2 aliphatic rings. The van der Waals surface area contributed by atoms with Crippen LogP contribution in [0.4, 0.5) is 0 Å². The zero-order valence-electron chi connectivity index (χ0n) is 12.4. The second kappa shape index (κ2) is 5.86. The third kappa shape index (κ3) is 2.55. The first-order valence-electron chi connectivity index (χ1n) is 6.92. The minimum Gasteiger partial charge on any atom is -0.612 e. The maximum Gasteiger partial charge on any atom is 0.353 e. The second-order valence-corrected chi connectivity index (χ2v) is 7.95. The molecule has 0 bridgehead atoms. The minimum absolute atomic E-state index is 0.0686. The fraction of sp³-hybridized carbons (Fsp3) is 0.333. The number of hydrogen-bond acceptors (Lipinski definition) is 5. The van der Waals surface area contributed by atoms with Crippen molar-refractivity contribution < 1.29 is 24.4 Å². The third-order valence-electron chi connectivity index (χ3n) is 3.93. The Labute approximate surface area is 140 Å². The van der Waals surface area contributed by atoms with E-state index in [4.69, 9.17) is 0 Å². The summed E-state index contributed by atoms with van der Waals surface area (Å²) in [5.74, 6) is -2.16. The molecule has 2 aliphatic heterocycles. The van der Waals surface area contributed by atoms with E-state index < -0.39 is 34.5 Å². The van der Waals surface area contributed by atoms with Gasteiger partial charge in [0.2, 0.25) is 5.91 Å². The lowest BCUT2D eigenvalue weighted by molar-refractivity contribution is -0.156. The van der Waals surface area contributed by atoms with Gasteiger partial charge in [-0.3, -0.25) is 9.69 Å². The van der Waals surface area contributed by atoms with Gasteiger partial charge in [0.25, 0.3) is 0 Å². The van der Waals surface area contributed by atoms with E-state index in [1.54, 1.807) is 30.5 Å². The van der Waals surface area contributed by atoms with Crippen molar-refractivity contribution >= 4 is 39.7 Å². The van der Waals surface area contributed by atoms with Crippen LogP contribution in [0.5, 0.6) is 0 Å². The number of amides is 1. The number of aliphatic hydroxyl groups is 1. The molecule has 2 unspecified atom stereocenters. The van der Waals surface area contributed by atoms with Gasteiger partial charge in [0, 0.05) is 11.0 Å². The molecule has 0 saturated carbocycles. The van der Waals surface area contributed by atoms with Crippen LogP contribution in [0.2, 0.25) is 0 Å². The third-order valence-corrected chi connectivity index (χ3v) is 6.26. The molecular formula is C15H15NO5S2. The van der Waals surface area contributed by atoms with Gasteiger partial charge in [-0.2, -0.15) is 0 Å². The summed E-state index contributed by atoms with van der Waals surface area (Å²) in [7, 11) is 0. The Hall–Kier alpha value is -1.48. The van der Waals surface area contributed by atoms with E-state index >= 15 is 0 Å². The maximum absolute atomic E-state index is 12.2. The molecule has 2 heterocycles. The van der Waals surface area contributed by atoms with Gasteiger partial charge in [0.1, 0.15) is 17.3 Å². The van der Waals surface area contributed by atoms with Crippen LogP contribution in [-0.2, 0) is 20.8 Å². The lowest BCUT2D eigenvalue weighted by atomic mass is 9.92. The normalized spacial score (nSPS) is 25.9. The van der Waals surface area contributed by atoms with E-state index in [0.29, 0.717) is 15.4 Å². The van der Waals surface area contributed by atoms with Crippen molar-refractivity contribution in [3.05, 3.63) is 35.5 Å². The molecule has 23 heavy (non-hydrogen) atoms. The smallest absolute Gasteiger partial charge is 0.353 e. The Morgan fingerprint density at radius 1 is 1.48 bits per heavy atom. The van der Waals surface area contributed by atoms with Gasteiger partial charge >= 0.3 is 5.97 Å². The number of β-lactam (4-membered cyclic amide) rings is 1. The van der Waals surface area contributed by atoms with Gasteiger partial charge < -0.3 is 14.8 Å². The molecule has 8 heteroatoms. The van der Waals surface area contributed by atoms with Crippen molar-refractivity contribution in [3.63, 3.8) is 0 Å². The number of nitrogens with zero attached hydrogens (tertiary/aromatic N) is 1. The zero-order valence-corrected chi connectivity index (χ0v) is 14.1. The monoisotopic (exact) mass is 353 g/mol. The molecule has 122 valence electrons. The average Bonchev–Trinajstić information content (AvgIpc) is 2.82. The molecule has 4 atom stereocenters. The molecule has 2 N–H and O–H groups in total. The zero-order chi connectivity index (χ0) is 16.9. The highest BCUT2D eigenvalue weighted by Gasteiger charge is 2.57. The second-order valence-electron chi connectivity index (χ2n) is 5.45. The van der Waals surface area contributed by atoms with Crippen LogP contribution in [0.25, 0.3) is 4.91 Å². The van der Waals surface area contributed by atoms with Crippen LogP contribution in [-0.4, -0.2) is 49.3 Å². The van der Waals surface area contributed by atoms with Crippen LogP contribution in [0.3, 0.4) is 0 Å². The van der Waals surface area contributed by atoms with Crippen LogP contribution in [0.1, 0.15) is 12.5 Å². The summed E-state index contributed by atoms with van der Waals surface area (Å²) < 4.78 is 11.6. The average molecular weight is 353 g/mol. The number of carbonyl (C=O) groups is 2. The topological polar surface area (TPSA) is 101 Å². The Balaban J connectivity index is 2.03. The number of fused-ring (bicyclic) bond motifs is 1. The summed E-state index contributed by atoms with van der Waals surface area (Å²) in [4.78, 5) is 26.1. The quantitative estimate of drug-likeness (QED) is 0.621. The highest BCUT2D eigenvalue weighted by Crippen LogP contribution is 2.53. The molecule has 6 nitrogen and oxygen atoms in total. The van der Waals surface area contributed by atoms with E-state index in [1.165, 1.54) is 23.6 Å². The summed E-state index contributed by atoms with van der Waals surface area (Å²) in [5, 5.41) is 18.8. The van der Waals surface area contributed by atoms with Gasteiger partial charge in [-0.1, -0.05) is 23.9 Å². The number of benzene rings is 1. The molecule has 0 spiro atoms. The SMILES string of the molecule is CC(O)[C@H]1C(=O)N2C(C(=O)O)=C(c3cccc([S+](C)[O-])c3)S[C@H]12. The van der Waals surface area contributed by atoms with Crippen LogP contribution in [0.15, 0.2) is 34.9 Å². The van der Waals surface area contributed by atoms with E-state index in [9.17, 15) is 24.4 Å². The lowest BCUT2D eigenvalue weighted by Crippen LogP contribution is -2.60. The number of carboxylic acid groups (broad SMARTS) is 1. The van der Waals surface area contributed by atoms with Crippen molar-refractivity contribution in [2.75, 3.05) is 6.26 Å². The maximum atomic E-state index is 12.2. The van der Waals surface area contributed by atoms with E-state index in [1.807, 2.05) is 0 Å². The van der Waals surface area contributed by atoms with Crippen molar-refractivity contribution in [1.82, 2.24) is 4.90 Å². The Kier molecular flexibility index (Phi) is 4.18. The van der Waals surface area contributed by atoms with Crippen LogP contribution in [0, 0.1) is 5.92 Å². The number of rotatable bonds is 4. The molecule has 1 saturated heterocycles. The van der Waals surface area contributed by atoms with E-state index in [2.05, 4.69) is 0 Å². The van der Waals surface area contributed by atoms with Crippen LogP contribution >= 0.6 is 11.8 Å². The van der Waals surface area contributed by atoms with Gasteiger partial charge in [-0.15, -0.1) is 0 Å². The van der Waals surface area contributed by atoms with E-state index in [0.717, 1.165) is 0 Å². The van der Waals surface area contributed by atoms with Crippen LogP contribution < -0.4 is 0 Å². The van der Waals surface area contributed by atoms with Crippen molar-refractivity contribution in [2.24, 2.45) is 5.92 Å². The number of thioether (sulfide) groups is 1. The molecule has 1 amide bonds. The van der Waals surface area contributed by atoms with E-state index in [-0.39, 0.29) is 11.6 Å². The Morgan fingerprint density at radius 3 is 2.74 bits per heavy atom. The Morgan fingerprint density at radius 2 is 2.17 bits per heavy atom. The molecule has 0 aromatic heterocycles. The first-order valence-corrected chi connectivity index (χ1v) is 9.36. The molecule has 0 aliphatic carbocycles. The first kappa shape index (κ1) is 16.4.